The lowest BCUT2D eigenvalue weighted by Crippen LogP contribution is -2.17. The SMILES string of the molecule is Nc1ccc(NCC2CCCCC2)cc1F. The quantitative estimate of drug-likeness (QED) is 0.769. The van der Waals surface area contributed by atoms with Gasteiger partial charge in [-0.05, 0) is 37.0 Å². The van der Waals surface area contributed by atoms with Gasteiger partial charge < -0.3 is 11.1 Å². The molecule has 1 saturated carbocycles. The number of anilines is 2. The summed E-state index contributed by atoms with van der Waals surface area (Å²) in [5.74, 6) is 0.406. The number of nitrogen functional groups attached to an aromatic ring is 1. The lowest BCUT2D eigenvalue weighted by Gasteiger charge is -2.22. The van der Waals surface area contributed by atoms with E-state index in [-0.39, 0.29) is 11.5 Å². The Kier molecular flexibility index (Phi) is 3.65. The van der Waals surface area contributed by atoms with E-state index in [1.807, 2.05) is 6.07 Å². The molecule has 2 rings (SSSR count). The second-order valence-corrected chi connectivity index (χ2v) is 4.62. The van der Waals surface area contributed by atoms with Crippen LogP contribution in [0.5, 0.6) is 0 Å². The van der Waals surface area contributed by atoms with Gasteiger partial charge in [-0.15, -0.1) is 0 Å². The van der Waals surface area contributed by atoms with Gasteiger partial charge in [0.25, 0.3) is 0 Å². The molecule has 1 aliphatic rings. The van der Waals surface area contributed by atoms with Gasteiger partial charge in [0.2, 0.25) is 0 Å². The van der Waals surface area contributed by atoms with Crippen molar-refractivity contribution >= 4 is 11.4 Å². The number of nitrogens with one attached hydrogen (secondary N) is 1. The van der Waals surface area contributed by atoms with Crippen molar-refractivity contribution in [1.82, 2.24) is 0 Å². The lowest BCUT2D eigenvalue weighted by molar-refractivity contribution is 0.373. The Bertz CT molecular complexity index is 346. The minimum Gasteiger partial charge on any atom is -0.396 e. The van der Waals surface area contributed by atoms with Gasteiger partial charge in [-0.25, -0.2) is 4.39 Å². The molecule has 0 unspecified atom stereocenters. The highest BCUT2D eigenvalue weighted by atomic mass is 19.1. The first-order chi connectivity index (χ1) is 7.75. The summed E-state index contributed by atoms with van der Waals surface area (Å²) in [7, 11) is 0. The molecule has 0 heterocycles. The summed E-state index contributed by atoms with van der Waals surface area (Å²) in [5.41, 5.74) is 6.47. The zero-order valence-corrected chi connectivity index (χ0v) is 9.51. The Hall–Kier alpha value is -1.25. The Balaban J connectivity index is 1.86. The Morgan fingerprint density at radius 1 is 1.25 bits per heavy atom. The predicted octanol–water partition coefficient (Wildman–Crippen LogP) is 3.40. The van der Waals surface area contributed by atoms with Gasteiger partial charge in [0.15, 0.2) is 0 Å². The molecule has 0 aromatic heterocycles. The topological polar surface area (TPSA) is 38.0 Å². The molecule has 88 valence electrons. The highest BCUT2D eigenvalue weighted by Gasteiger charge is 2.12. The molecule has 0 amide bonds. The minimum atomic E-state index is -0.339. The van der Waals surface area contributed by atoms with Gasteiger partial charge in [-0.3, -0.25) is 0 Å². The average Bonchev–Trinajstić information content (AvgIpc) is 2.32. The van der Waals surface area contributed by atoms with Crippen molar-refractivity contribution in [3.8, 4) is 0 Å². The largest absolute Gasteiger partial charge is 0.396 e. The number of rotatable bonds is 3. The van der Waals surface area contributed by atoms with E-state index < -0.39 is 0 Å². The number of hydrogen-bond acceptors (Lipinski definition) is 2. The molecule has 3 N–H and O–H groups in total. The molecule has 0 radical (unpaired) electrons. The smallest absolute Gasteiger partial charge is 0.148 e. The van der Waals surface area contributed by atoms with Crippen LogP contribution in [0.15, 0.2) is 18.2 Å². The maximum absolute atomic E-state index is 13.2. The van der Waals surface area contributed by atoms with Crippen molar-refractivity contribution < 1.29 is 4.39 Å². The van der Waals surface area contributed by atoms with Crippen molar-refractivity contribution in [3.05, 3.63) is 24.0 Å². The number of hydrogen-bond donors (Lipinski definition) is 2. The highest BCUT2D eigenvalue weighted by molar-refractivity contribution is 5.52. The Morgan fingerprint density at radius 2 is 2.00 bits per heavy atom. The first kappa shape index (κ1) is 11.2. The molecule has 0 saturated heterocycles. The molecular weight excluding hydrogens is 203 g/mol. The molecule has 16 heavy (non-hydrogen) atoms. The summed E-state index contributed by atoms with van der Waals surface area (Å²) < 4.78 is 13.2. The van der Waals surface area contributed by atoms with E-state index >= 15 is 0 Å². The van der Waals surface area contributed by atoms with Crippen LogP contribution in [0.2, 0.25) is 0 Å². The van der Waals surface area contributed by atoms with Crippen molar-refractivity contribution in [2.45, 2.75) is 32.1 Å². The third kappa shape index (κ3) is 2.87. The second kappa shape index (κ2) is 5.19. The minimum absolute atomic E-state index is 0.211. The van der Waals surface area contributed by atoms with Crippen LogP contribution in [0.4, 0.5) is 15.8 Å². The monoisotopic (exact) mass is 222 g/mol. The van der Waals surface area contributed by atoms with Crippen LogP contribution in [0.3, 0.4) is 0 Å². The number of halogens is 1. The maximum atomic E-state index is 13.2. The molecule has 3 heteroatoms. The molecule has 0 spiro atoms. The van der Waals surface area contributed by atoms with Crippen LogP contribution in [-0.2, 0) is 0 Å². The highest BCUT2D eigenvalue weighted by Crippen LogP contribution is 2.24. The fourth-order valence-corrected chi connectivity index (χ4v) is 2.29. The zero-order chi connectivity index (χ0) is 11.4. The summed E-state index contributed by atoms with van der Waals surface area (Å²) in [6.45, 7) is 0.948. The van der Waals surface area contributed by atoms with E-state index in [0.29, 0.717) is 0 Å². The Labute approximate surface area is 96.0 Å². The van der Waals surface area contributed by atoms with Crippen LogP contribution < -0.4 is 11.1 Å². The van der Waals surface area contributed by atoms with Crippen LogP contribution in [0.25, 0.3) is 0 Å². The van der Waals surface area contributed by atoms with Crippen LogP contribution in [-0.4, -0.2) is 6.54 Å². The number of benzene rings is 1. The standard InChI is InChI=1S/C13H19FN2/c14-12-8-11(6-7-13(12)15)16-9-10-4-2-1-3-5-10/h6-8,10,16H,1-5,9,15H2. The molecule has 0 aliphatic heterocycles. The van der Waals surface area contributed by atoms with Gasteiger partial charge in [-0.1, -0.05) is 19.3 Å². The Morgan fingerprint density at radius 3 is 2.69 bits per heavy atom. The average molecular weight is 222 g/mol. The third-order valence-corrected chi connectivity index (χ3v) is 3.32. The van der Waals surface area contributed by atoms with Crippen molar-refractivity contribution in [2.75, 3.05) is 17.6 Å². The van der Waals surface area contributed by atoms with E-state index in [9.17, 15) is 4.39 Å². The molecule has 0 atom stereocenters. The third-order valence-electron chi connectivity index (χ3n) is 3.32. The molecule has 1 aromatic carbocycles. The van der Waals surface area contributed by atoms with Gasteiger partial charge in [0, 0.05) is 12.2 Å². The lowest BCUT2D eigenvalue weighted by atomic mass is 9.89. The molecule has 2 nitrogen and oxygen atoms in total. The van der Waals surface area contributed by atoms with E-state index in [1.54, 1.807) is 6.07 Å². The van der Waals surface area contributed by atoms with E-state index in [1.165, 1.54) is 38.2 Å². The van der Waals surface area contributed by atoms with E-state index in [2.05, 4.69) is 5.32 Å². The first-order valence-electron chi connectivity index (χ1n) is 6.04. The van der Waals surface area contributed by atoms with Crippen LogP contribution >= 0.6 is 0 Å². The fourth-order valence-electron chi connectivity index (χ4n) is 2.29. The fraction of sp³-hybridized carbons (Fsp3) is 0.538. The molecule has 1 aliphatic carbocycles. The van der Waals surface area contributed by atoms with Crippen LogP contribution in [0, 0.1) is 11.7 Å². The van der Waals surface area contributed by atoms with E-state index in [0.717, 1.165) is 18.2 Å². The molecule has 1 aromatic rings. The van der Waals surface area contributed by atoms with Crippen molar-refractivity contribution in [2.24, 2.45) is 5.92 Å². The van der Waals surface area contributed by atoms with Crippen molar-refractivity contribution in [1.29, 1.82) is 0 Å². The summed E-state index contributed by atoms with van der Waals surface area (Å²) in [5, 5.41) is 3.29. The molecule has 1 fully saturated rings. The van der Waals surface area contributed by atoms with Gasteiger partial charge in [0.1, 0.15) is 5.82 Å². The summed E-state index contributed by atoms with van der Waals surface area (Å²) in [6, 6.07) is 4.91. The maximum Gasteiger partial charge on any atom is 0.148 e. The van der Waals surface area contributed by atoms with Gasteiger partial charge >= 0.3 is 0 Å². The van der Waals surface area contributed by atoms with Crippen LogP contribution in [0.1, 0.15) is 32.1 Å². The summed E-state index contributed by atoms with van der Waals surface area (Å²) in [4.78, 5) is 0. The summed E-state index contributed by atoms with van der Waals surface area (Å²) >= 11 is 0. The van der Waals surface area contributed by atoms with Crippen molar-refractivity contribution in [3.63, 3.8) is 0 Å². The molecule has 0 bridgehead atoms. The predicted molar refractivity (Wildman–Crippen MR) is 65.9 cm³/mol. The summed E-state index contributed by atoms with van der Waals surface area (Å²) in [6.07, 6.45) is 6.63. The number of nitrogens with two attached hydrogens (primary N) is 1. The zero-order valence-electron chi connectivity index (χ0n) is 9.51. The second-order valence-electron chi connectivity index (χ2n) is 4.62. The molecular formula is C13H19FN2. The van der Waals surface area contributed by atoms with E-state index in [4.69, 9.17) is 5.73 Å². The first-order valence-corrected chi connectivity index (χ1v) is 6.04. The van der Waals surface area contributed by atoms with Gasteiger partial charge in [0.05, 0.1) is 5.69 Å². The van der Waals surface area contributed by atoms with Gasteiger partial charge in [-0.2, -0.15) is 0 Å². The normalized spacial score (nSPS) is 17.3.